The van der Waals surface area contributed by atoms with E-state index in [0.29, 0.717) is 73.9 Å². The molecule has 2 unspecified atom stereocenters. The van der Waals surface area contributed by atoms with Gasteiger partial charge < -0.3 is 24.2 Å². The molecule has 1 aromatic carbocycles. The van der Waals surface area contributed by atoms with Crippen molar-refractivity contribution < 1.29 is 28.1 Å². The number of aliphatic hydroxyl groups is 1. The number of rotatable bonds is 17. The molecule has 278 valence electrons. The summed E-state index contributed by atoms with van der Waals surface area (Å²) >= 11 is 0. The molecule has 9 nitrogen and oxygen atoms in total. The van der Waals surface area contributed by atoms with Gasteiger partial charge in [0.1, 0.15) is 30.0 Å². The van der Waals surface area contributed by atoms with E-state index < -0.39 is 0 Å². The molecule has 1 N–H and O–H groups in total. The SMILES string of the molecule is C=C/C=C\c1ccc(F)c(CC)c1CC(C)=N/C=c1/c(N(CO)CCOCC)nc(OCC23CCCC2N(CC2(C)COC2)CCC3)n/c1=C\F. The van der Waals surface area contributed by atoms with Crippen LogP contribution in [0.1, 0.15) is 76.5 Å². The lowest BCUT2D eigenvalue weighted by Gasteiger charge is -2.50. The van der Waals surface area contributed by atoms with Crippen molar-refractivity contribution in [2.45, 2.75) is 78.7 Å². The number of anilines is 1. The molecule has 2 atom stereocenters. The lowest BCUT2D eigenvalue weighted by atomic mass is 9.74. The minimum atomic E-state index is -0.385. The van der Waals surface area contributed by atoms with Crippen molar-refractivity contribution in [2.24, 2.45) is 15.8 Å². The molecular formula is C40H55F2N5O4. The number of allylic oxidation sites excluding steroid dienone is 2. The first kappa shape index (κ1) is 38.7. The van der Waals surface area contributed by atoms with Gasteiger partial charge in [-0.05, 0) is 75.3 Å². The second kappa shape index (κ2) is 17.8. The molecular weight excluding hydrogens is 652 g/mol. The fraction of sp³-hybridized carbons (Fsp3) is 0.575. The van der Waals surface area contributed by atoms with Crippen molar-refractivity contribution in [2.75, 3.05) is 64.3 Å². The molecule has 0 spiro atoms. The number of likely N-dealkylation sites (tertiary alicyclic amines) is 1. The zero-order valence-electron chi connectivity index (χ0n) is 30.8. The highest BCUT2D eigenvalue weighted by Crippen LogP contribution is 2.49. The topological polar surface area (TPSA) is 92.5 Å². The Labute approximate surface area is 301 Å². The van der Waals surface area contributed by atoms with Gasteiger partial charge in [0, 0.05) is 54.9 Å². The lowest BCUT2D eigenvalue weighted by Crippen LogP contribution is -2.57. The van der Waals surface area contributed by atoms with Gasteiger partial charge in [0.2, 0.25) is 0 Å². The number of fused-ring (bicyclic) bond motifs is 1. The van der Waals surface area contributed by atoms with E-state index in [1.807, 2.05) is 32.9 Å². The molecule has 0 amide bonds. The van der Waals surface area contributed by atoms with Crippen LogP contribution in [0.15, 0.2) is 35.9 Å². The highest BCUT2D eigenvalue weighted by Gasteiger charge is 2.50. The Morgan fingerprint density at radius 1 is 1.22 bits per heavy atom. The Bertz CT molecular complexity index is 1690. The maximum absolute atomic E-state index is 14.8. The van der Waals surface area contributed by atoms with E-state index in [0.717, 1.165) is 69.5 Å². The van der Waals surface area contributed by atoms with Crippen LogP contribution >= 0.6 is 0 Å². The van der Waals surface area contributed by atoms with Crippen LogP contribution in [0.4, 0.5) is 14.6 Å². The van der Waals surface area contributed by atoms with E-state index >= 15 is 0 Å². The van der Waals surface area contributed by atoms with Gasteiger partial charge in [-0.3, -0.25) is 9.89 Å². The third-order valence-electron chi connectivity index (χ3n) is 10.6. The summed E-state index contributed by atoms with van der Waals surface area (Å²) in [6.45, 7) is 16.6. The second-order valence-corrected chi connectivity index (χ2v) is 14.5. The van der Waals surface area contributed by atoms with E-state index in [-0.39, 0.29) is 34.7 Å². The standard InChI is InChI=1S/C40H55F2N5O4/c1-6-9-12-30-14-15-34(42)31(7-2)32(30)21-29(4)43-23-33-35(22-41)44-38(45-37(33)47(28-48)19-20-49-8-3)51-27-40-16-10-13-36(40)46(18-11-17-40)24-39(5)25-50-26-39/h6,9,12,14-15,22-23,36,48H,1,7-8,10-11,13,16-21,24-28H2,2-5H3/b12-9-,33-23+,35-22-,43-29?. The van der Waals surface area contributed by atoms with Crippen LogP contribution in [0.5, 0.6) is 6.01 Å². The summed E-state index contributed by atoms with van der Waals surface area (Å²) in [4.78, 5) is 18.2. The molecule has 1 aliphatic carbocycles. The molecule has 3 heterocycles. The number of aliphatic hydroxyl groups excluding tert-OH is 1. The van der Waals surface area contributed by atoms with Crippen molar-refractivity contribution in [1.29, 1.82) is 0 Å². The van der Waals surface area contributed by atoms with Crippen LogP contribution in [-0.2, 0) is 22.3 Å². The van der Waals surface area contributed by atoms with E-state index in [1.165, 1.54) is 12.3 Å². The molecule has 5 rings (SSSR count). The van der Waals surface area contributed by atoms with E-state index in [9.17, 15) is 13.9 Å². The summed E-state index contributed by atoms with van der Waals surface area (Å²) in [7, 11) is 0. The quantitative estimate of drug-likeness (QED) is 0.102. The predicted octanol–water partition coefficient (Wildman–Crippen LogP) is 5.37. The zero-order chi connectivity index (χ0) is 36.4. The Balaban J connectivity index is 1.47. The third-order valence-corrected chi connectivity index (χ3v) is 10.6. The Morgan fingerprint density at radius 3 is 2.71 bits per heavy atom. The molecule has 0 bridgehead atoms. The molecule has 51 heavy (non-hydrogen) atoms. The number of benzene rings is 1. The van der Waals surface area contributed by atoms with Gasteiger partial charge in [-0.2, -0.15) is 9.97 Å². The van der Waals surface area contributed by atoms with Gasteiger partial charge in [0.15, 0.2) is 0 Å². The van der Waals surface area contributed by atoms with Crippen LogP contribution in [0.3, 0.4) is 0 Å². The molecule has 2 aromatic rings. The van der Waals surface area contributed by atoms with Crippen LogP contribution in [0.2, 0.25) is 0 Å². The van der Waals surface area contributed by atoms with Gasteiger partial charge in [-0.15, -0.1) is 0 Å². The fourth-order valence-corrected chi connectivity index (χ4v) is 8.05. The summed E-state index contributed by atoms with van der Waals surface area (Å²) in [5.74, 6) is 0.0288. The van der Waals surface area contributed by atoms with E-state index in [1.54, 1.807) is 17.0 Å². The molecule has 3 fully saturated rings. The predicted molar refractivity (Wildman–Crippen MR) is 199 cm³/mol. The number of piperidine rings is 1. The second-order valence-electron chi connectivity index (χ2n) is 14.5. The number of nitrogens with zero attached hydrogens (tertiary/aromatic N) is 5. The molecule has 3 aliphatic rings. The van der Waals surface area contributed by atoms with Gasteiger partial charge in [-0.25, -0.2) is 8.78 Å². The van der Waals surface area contributed by atoms with Gasteiger partial charge >= 0.3 is 6.01 Å². The van der Waals surface area contributed by atoms with Gasteiger partial charge in [0.25, 0.3) is 0 Å². The van der Waals surface area contributed by atoms with E-state index in [4.69, 9.17) is 24.2 Å². The molecule has 1 saturated carbocycles. The van der Waals surface area contributed by atoms with Crippen molar-refractivity contribution in [3.8, 4) is 6.01 Å². The molecule has 2 saturated heterocycles. The number of halogens is 2. The van der Waals surface area contributed by atoms with Crippen molar-refractivity contribution in [3.63, 3.8) is 0 Å². The van der Waals surface area contributed by atoms with Crippen LogP contribution in [0.25, 0.3) is 18.6 Å². The third kappa shape index (κ3) is 9.11. The van der Waals surface area contributed by atoms with Crippen LogP contribution in [-0.4, -0.2) is 91.1 Å². The highest BCUT2D eigenvalue weighted by molar-refractivity contribution is 5.87. The van der Waals surface area contributed by atoms with Gasteiger partial charge in [-0.1, -0.05) is 51.1 Å². The molecule has 11 heteroatoms. The first-order valence-electron chi connectivity index (χ1n) is 18.4. The first-order valence-corrected chi connectivity index (χ1v) is 18.4. The highest BCUT2D eigenvalue weighted by atomic mass is 19.1. The lowest BCUT2D eigenvalue weighted by molar-refractivity contribution is -0.130. The maximum Gasteiger partial charge on any atom is 0.319 e. The van der Waals surface area contributed by atoms with Crippen molar-refractivity contribution >= 4 is 30.1 Å². The Hall–Kier alpha value is -3.51. The Morgan fingerprint density at radius 2 is 2.02 bits per heavy atom. The minimum absolute atomic E-state index is 0.000307. The van der Waals surface area contributed by atoms with Crippen LogP contribution in [0, 0.1) is 16.6 Å². The van der Waals surface area contributed by atoms with Gasteiger partial charge in [0.05, 0.1) is 31.6 Å². The summed E-state index contributed by atoms with van der Waals surface area (Å²) in [5, 5.41) is 10.8. The minimum Gasteiger partial charge on any atom is -0.463 e. The summed E-state index contributed by atoms with van der Waals surface area (Å²) in [6, 6.07) is 3.69. The Kier molecular flexibility index (Phi) is 13.5. The van der Waals surface area contributed by atoms with Crippen molar-refractivity contribution in [1.82, 2.24) is 14.9 Å². The fourth-order valence-electron chi connectivity index (χ4n) is 8.05. The summed E-state index contributed by atoms with van der Waals surface area (Å²) in [6.07, 6.45) is 13.7. The smallest absolute Gasteiger partial charge is 0.319 e. The monoisotopic (exact) mass is 707 g/mol. The van der Waals surface area contributed by atoms with E-state index in [2.05, 4.69) is 23.4 Å². The molecule has 2 aliphatic heterocycles. The normalized spacial score (nSPS) is 22.7. The largest absolute Gasteiger partial charge is 0.463 e. The van der Waals surface area contributed by atoms with Crippen molar-refractivity contribution in [3.05, 3.63) is 63.9 Å². The number of hydrogen-bond donors (Lipinski definition) is 1. The number of aliphatic imine (C=N–C) groups is 1. The average molecular weight is 708 g/mol. The van der Waals surface area contributed by atoms with Crippen LogP contribution < -0.4 is 20.2 Å². The number of ether oxygens (including phenoxy) is 3. The maximum atomic E-state index is 14.8. The zero-order valence-corrected chi connectivity index (χ0v) is 30.8. The first-order chi connectivity index (χ1) is 24.7. The molecule has 1 aromatic heterocycles. The number of aromatic nitrogens is 2. The average Bonchev–Trinajstić information content (AvgIpc) is 3.56. The summed E-state index contributed by atoms with van der Waals surface area (Å²) < 4.78 is 47.1. The number of hydrogen-bond acceptors (Lipinski definition) is 9. The molecule has 0 radical (unpaired) electrons. The summed E-state index contributed by atoms with van der Waals surface area (Å²) in [5.41, 5.74) is 3.17.